The third-order valence-electron chi connectivity index (χ3n) is 3.08. The summed E-state index contributed by atoms with van der Waals surface area (Å²) in [7, 11) is 5.32. The molecule has 0 aliphatic carbocycles. The highest BCUT2D eigenvalue weighted by molar-refractivity contribution is 5.34. The number of nitrogens with one attached hydrogen (secondary N) is 1. The van der Waals surface area contributed by atoms with Crippen LogP contribution in [0.5, 0.6) is 0 Å². The maximum atomic E-state index is 5.23. The quantitative estimate of drug-likeness (QED) is 0.736. The van der Waals surface area contributed by atoms with Gasteiger partial charge in [-0.25, -0.2) is 4.98 Å². The van der Waals surface area contributed by atoms with E-state index in [2.05, 4.69) is 28.2 Å². The molecule has 1 rings (SSSR count). The van der Waals surface area contributed by atoms with Gasteiger partial charge in [-0.3, -0.25) is 4.90 Å². The lowest BCUT2D eigenvalue weighted by Crippen LogP contribution is -2.38. The number of ether oxygens (including phenoxy) is 2. The highest BCUT2D eigenvalue weighted by Crippen LogP contribution is 2.10. The van der Waals surface area contributed by atoms with Crippen molar-refractivity contribution in [1.82, 2.24) is 9.88 Å². The van der Waals surface area contributed by atoms with Crippen LogP contribution >= 0.6 is 0 Å². The fourth-order valence-corrected chi connectivity index (χ4v) is 1.91. The molecule has 1 unspecified atom stereocenters. The zero-order valence-corrected chi connectivity index (χ0v) is 12.3. The van der Waals surface area contributed by atoms with E-state index in [1.807, 2.05) is 19.3 Å². The standard InChI is InChI=1S/C14H25N3O2/c1-12(11-19-4)17(7-8-18-3)10-13-5-6-14(15-2)16-9-13/h5-6,9,12H,7-8,10-11H2,1-4H3,(H,15,16). The van der Waals surface area contributed by atoms with Crippen molar-refractivity contribution in [2.24, 2.45) is 0 Å². The van der Waals surface area contributed by atoms with Crippen LogP contribution in [0.2, 0.25) is 0 Å². The zero-order chi connectivity index (χ0) is 14.1. The van der Waals surface area contributed by atoms with Crippen LogP contribution in [0.4, 0.5) is 5.82 Å². The normalized spacial score (nSPS) is 12.7. The molecule has 1 atom stereocenters. The lowest BCUT2D eigenvalue weighted by atomic mass is 10.2. The third kappa shape index (κ3) is 5.55. The van der Waals surface area contributed by atoms with E-state index in [1.165, 1.54) is 5.56 Å². The van der Waals surface area contributed by atoms with Gasteiger partial charge in [0.2, 0.25) is 0 Å². The summed E-state index contributed by atoms with van der Waals surface area (Å²) in [6.07, 6.45) is 1.91. The molecule has 0 bridgehead atoms. The van der Waals surface area contributed by atoms with Crippen LogP contribution in [0.25, 0.3) is 0 Å². The first-order valence-electron chi connectivity index (χ1n) is 6.55. The van der Waals surface area contributed by atoms with Crippen LogP contribution in [-0.2, 0) is 16.0 Å². The topological polar surface area (TPSA) is 46.6 Å². The van der Waals surface area contributed by atoms with Gasteiger partial charge in [0.05, 0.1) is 13.2 Å². The first-order chi connectivity index (χ1) is 9.21. The van der Waals surface area contributed by atoms with Gasteiger partial charge in [0, 0.05) is 46.6 Å². The monoisotopic (exact) mass is 267 g/mol. The average Bonchev–Trinajstić information content (AvgIpc) is 2.44. The Labute approximate surface area is 115 Å². The smallest absolute Gasteiger partial charge is 0.125 e. The first-order valence-corrected chi connectivity index (χ1v) is 6.55. The van der Waals surface area contributed by atoms with Crippen LogP contribution in [0.1, 0.15) is 12.5 Å². The molecule has 0 aliphatic rings. The van der Waals surface area contributed by atoms with E-state index >= 15 is 0 Å². The minimum atomic E-state index is 0.351. The molecule has 0 radical (unpaired) electrons. The molecule has 0 fully saturated rings. The van der Waals surface area contributed by atoms with Crippen molar-refractivity contribution in [1.29, 1.82) is 0 Å². The molecule has 5 heteroatoms. The van der Waals surface area contributed by atoms with Crippen LogP contribution < -0.4 is 5.32 Å². The molecule has 0 aromatic carbocycles. The summed E-state index contributed by atoms with van der Waals surface area (Å²) in [5.41, 5.74) is 1.19. The molecule has 0 amide bonds. The lowest BCUT2D eigenvalue weighted by Gasteiger charge is -2.28. The number of anilines is 1. The molecule has 1 aromatic heterocycles. The van der Waals surface area contributed by atoms with Crippen LogP contribution in [-0.4, -0.2) is 57.0 Å². The molecular formula is C14H25N3O2. The molecule has 108 valence electrons. The van der Waals surface area contributed by atoms with Crippen molar-refractivity contribution in [2.75, 3.05) is 46.3 Å². The molecular weight excluding hydrogens is 242 g/mol. The van der Waals surface area contributed by atoms with E-state index in [-0.39, 0.29) is 0 Å². The molecule has 1 N–H and O–H groups in total. The number of hydrogen-bond acceptors (Lipinski definition) is 5. The lowest BCUT2D eigenvalue weighted by molar-refractivity contribution is 0.0704. The van der Waals surface area contributed by atoms with Gasteiger partial charge in [-0.15, -0.1) is 0 Å². The molecule has 0 aliphatic heterocycles. The van der Waals surface area contributed by atoms with E-state index < -0.39 is 0 Å². The minimum Gasteiger partial charge on any atom is -0.383 e. The first kappa shape index (κ1) is 15.9. The van der Waals surface area contributed by atoms with Gasteiger partial charge in [0.1, 0.15) is 5.82 Å². The van der Waals surface area contributed by atoms with E-state index in [0.717, 1.165) is 25.5 Å². The molecule has 0 saturated carbocycles. The molecule has 0 spiro atoms. The summed E-state index contributed by atoms with van der Waals surface area (Å²) in [6, 6.07) is 4.44. The van der Waals surface area contributed by atoms with Crippen molar-refractivity contribution in [2.45, 2.75) is 19.5 Å². The second-order valence-corrected chi connectivity index (χ2v) is 4.57. The number of hydrogen-bond donors (Lipinski definition) is 1. The predicted octanol–water partition coefficient (Wildman–Crippen LogP) is 1.61. The summed E-state index contributed by atoms with van der Waals surface area (Å²) >= 11 is 0. The summed E-state index contributed by atoms with van der Waals surface area (Å²) in [4.78, 5) is 6.67. The Morgan fingerprint density at radius 2 is 2.11 bits per heavy atom. The van der Waals surface area contributed by atoms with Crippen molar-refractivity contribution in [3.63, 3.8) is 0 Å². The maximum absolute atomic E-state index is 5.23. The number of rotatable bonds is 9. The number of aromatic nitrogens is 1. The van der Waals surface area contributed by atoms with Crippen LogP contribution in [0.15, 0.2) is 18.3 Å². The van der Waals surface area contributed by atoms with Gasteiger partial charge in [0.25, 0.3) is 0 Å². The fraction of sp³-hybridized carbons (Fsp3) is 0.643. The Kier molecular flexibility index (Phi) is 7.40. The second-order valence-electron chi connectivity index (χ2n) is 4.57. The summed E-state index contributed by atoms with van der Waals surface area (Å²) < 4.78 is 10.4. The summed E-state index contributed by atoms with van der Waals surface area (Å²) in [5.74, 6) is 0.886. The van der Waals surface area contributed by atoms with E-state index in [4.69, 9.17) is 9.47 Å². The Morgan fingerprint density at radius 3 is 2.63 bits per heavy atom. The fourth-order valence-electron chi connectivity index (χ4n) is 1.91. The van der Waals surface area contributed by atoms with Gasteiger partial charge in [-0.1, -0.05) is 6.07 Å². The largest absolute Gasteiger partial charge is 0.383 e. The Balaban J connectivity index is 2.63. The predicted molar refractivity (Wildman–Crippen MR) is 77.4 cm³/mol. The van der Waals surface area contributed by atoms with Crippen molar-refractivity contribution < 1.29 is 9.47 Å². The zero-order valence-electron chi connectivity index (χ0n) is 12.3. The average molecular weight is 267 g/mol. The Hall–Kier alpha value is -1.17. The van der Waals surface area contributed by atoms with E-state index in [0.29, 0.717) is 12.6 Å². The highest BCUT2D eigenvalue weighted by Gasteiger charge is 2.14. The SMILES string of the molecule is CNc1ccc(CN(CCOC)C(C)COC)cn1. The molecule has 1 aromatic rings. The van der Waals surface area contributed by atoms with Gasteiger partial charge in [-0.05, 0) is 18.6 Å². The number of methoxy groups -OCH3 is 2. The van der Waals surface area contributed by atoms with Crippen molar-refractivity contribution in [3.05, 3.63) is 23.9 Å². The van der Waals surface area contributed by atoms with Gasteiger partial charge in [-0.2, -0.15) is 0 Å². The summed E-state index contributed by atoms with van der Waals surface area (Å²) in [5, 5.41) is 3.02. The second kappa shape index (κ2) is 8.85. The van der Waals surface area contributed by atoms with E-state index in [1.54, 1.807) is 14.2 Å². The van der Waals surface area contributed by atoms with Gasteiger partial charge in [0.15, 0.2) is 0 Å². The molecule has 19 heavy (non-hydrogen) atoms. The maximum Gasteiger partial charge on any atom is 0.125 e. The number of pyridine rings is 1. The molecule has 0 saturated heterocycles. The van der Waals surface area contributed by atoms with Gasteiger partial charge < -0.3 is 14.8 Å². The highest BCUT2D eigenvalue weighted by atomic mass is 16.5. The summed E-state index contributed by atoms with van der Waals surface area (Å²) in [6.45, 7) is 5.33. The Bertz CT molecular complexity index is 343. The number of nitrogens with zero attached hydrogens (tertiary/aromatic N) is 2. The van der Waals surface area contributed by atoms with Crippen LogP contribution in [0, 0.1) is 0 Å². The van der Waals surface area contributed by atoms with Crippen LogP contribution in [0.3, 0.4) is 0 Å². The molecule has 5 nitrogen and oxygen atoms in total. The van der Waals surface area contributed by atoms with Crippen molar-refractivity contribution in [3.8, 4) is 0 Å². The minimum absolute atomic E-state index is 0.351. The third-order valence-corrected chi connectivity index (χ3v) is 3.08. The Morgan fingerprint density at radius 1 is 1.32 bits per heavy atom. The van der Waals surface area contributed by atoms with Gasteiger partial charge >= 0.3 is 0 Å². The molecule has 1 heterocycles. The van der Waals surface area contributed by atoms with Crippen molar-refractivity contribution >= 4 is 5.82 Å². The van der Waals surface area contributed by atoms with E-state index in [9.17, 15) is 0 Å².